The molecule has 0 amide bonds. The molecule has 0 atom stereocenters. The average Bonchev–Trinajstić information content (AvgIpc) is 2.14. The van der Waals surface area contributed by atoms with Crippen molar-refractivity contribution in [3.8, 4) is 0 Å². The number of methoxy groups -OCH3 is 1. The SMILES string of the molecule is CCOOC(=O)OC(=O)C(C)(C)OC. The zero-order valence-corrected chi connectivity index (χ0v) is 8.66. The van der Waals surface area contributed by atoms with Gasteiger partial charge in [0.05, 0.1) is 6.61 Å². The van der Waals surface area contributed by atoms with Crippen molar-refractivity contribution in [3.63, 3.8) is 0 Å². The van der Waals surface area contributed by atoms with Crippen molar-refractivity contribution in [2.45, 2.75) is 26.4 Å². The fourth-order valence-corrected chi connectivity index (χ4v) is 0.406. The molecule has 0 radical (unpaired) electrons. The maximum absolute atomic E-state index is 11.2. The van der Waals surface area contributed by atoms with Crippen LogP contribution in [0.25, 0.3) is 0 Å². The molecule has 14 heavy (non-hydrogen) atoms. The lowest BCUT2D eigenvalue weighted by Gasteiger charge is -2.18. The highest BCUT2D eigenvalue weighted by Gasteiger charge is 2.31. The molecule has 0 heterocycles. The third-order valence-electron chi connectivity index (χ3n) is 1.42. The number of ether oxygens (including phenoxy) is 2. The molecule has 0 fully saturated rings. The molecule has 0 saturated heterocycles. The molecule has 6 heteroatoms. The zero-order chi connectivity index (χ0) is 11.2. The maximum atomic E-state index is 11.2. The topological polar surface area (TPSA) is 71.1 Å². The van der Waals surface area contributed by atoms with Crippen LogP contribution in [0.3, 0.4) is 0 Å². The van der Waals surface area contributed by atoms with E-state index in [1.807, 2.05) is 0 Å². The van der Waals surface area contributed by atoms with Crippen LogP contribution in [0.15, 0.2) is 0 Å². The summed E-state index contributed by atoms with van der Waals surface area (Å²) in [5.74, 6) is -0.843. The van der Waals surface area contributed by atoms with E-state index in [4.69, 9.17) is 4.74 Å². The minimum atomic E-state index is -1.21. The van der Waals surface area contributed by atoms with E-state index in [0.29, 0.717) is 0 Å². The Morgan fingerprint density at radius 1 is 1.29 bits per heavy atom. The Labute approximate surface area is 82.0 Å². The summed E-state index contributed by atoms with van der Waals surface area (Å²) in [6.07, 6.45) is -1.21. The Bertz CT molecular complexity index is 210. The zero-order valence-electron chi connectivity index (χ0n) is 8.66. The Hall–Kier alpha value is -1.14. The van der Waals surface area contributed by atoms with Crippen molar-refractivity contribution in [2.24, 2.45) is 0 Å². The molecule has 0 unspecified atom stereocenters. The predicted octanol–water partition coefficient (Wildman–Crippen LogP) is 1.04. The fourth-order valence-electron chi connectivity index (χ4n) is 0.406. The first-order valence-corrected chi connectivity index (χ1v) is 4.05. The van der Waals surface area contributed by atoms with Gasteiger partial charge < -0.3 is 9.47 Å². The first-order valence-electron chi connectivity index (χ1n) is 4.05. The van der Waals surface area contributed by atoms with Crippen LogP contribution in [0.4, 0.5) is 4.79 Å². The monoisotopic (exact) mass is 206 g/mol. The van der Waals surface area contributed by atoms with Gasteiger partial charge in [-0.15, -0.1) is 0 Å². The first-order chi connectivity index (χ1) is 6.44. The van der Waals surface area contributed by atoms with E-state index in [0.717, 1.165) is 0 Å². The van der Waals surface area contributed by atoms with Crippen molar-refractivity contribution in [2.75, 3.05) is 13.7 Å². The number of carbonyl (C=O) groups is 2. The van der Waals surface area contributed by atoms with Crippen molar-refractivity contribution in [1.29, 1.82) is 0 Å². The maximum Gasteiger partial charge on any atom is 0.548 e. The van der Waals surface area contributed by atoms with Gasteiger partial charge in [-0.1, -0.05) is 0 Å². The van der Waals surface area contributed by atoms with Crippen LogP contribution in [0, 0.1) is 0 Å². The van der Waals surface area contributed by atoms with Crippen molar-refractivity contribution in [3.05, 3.63) is 0 Å². The summed E-state index contributed by atoms with van der Waals surface area (Å²) in [4.78, 5) is 30.2. The molecule has 0 aromatic heterocycles. The highest BCUT2D eigenvalue weighted by molar-refractivity contribution is 5.87. The molecular formula is C8H14O6. The predicted molar refractivity (Wildman–Crippen MR) is 45.3 cm³/mol. The average molecular weight is 206 g/mol. The molecule has 0 aliphatic carbocycles. The third kappa shape index (κ3) is 4.20. The summed E-state index contributed by atoms with van der Waals surface area (Å²) < 4.78 is 9.04. The number of carbonyl (C=O) groups excluding carboxylic acids is 2. The highest BCUT2D eigenvalue weighted by atomic mass is 17.2. The van der Waals surface area contributed by atoms with Crippen LogP contribution in [-0.2, 0) is 24.0 Å². The minimum Gasteiger partial charge on any atom is -0.367 e. The summed E-state index contributed by atoms with van der Waals surface area (Å²) in [6, 6.07) is 0. The summed E-state index contributed by atoms with van der Waals surface area (Å²) in [6.45, 7) is 4.72. The van der Waals surface area contributed by atoms with E-state index in [1.165, 1.54) is 21.0 Å². The molecule has 0 N–H and O–H groups in total. The van der Waals surface area contributed by atoms with E-state index < -0.39 is 17.7 Å². The van der Waals surface area contributed by atoms with Gasteiger partial charge in [-0.3, -0.25) is 4.89 Å². The molecule has 0 spiro atoms. The van der Waals surface area contributed by atoms with E-state index in [1.54, 1.807) is 6.92 Å². The van der Waals surface area contributed by atoms with Gasteiger partial charge in [-0.05, 0) is 20.8 Å². The quantitative estimate of drug-likeness (QED) is 0.296. The molecule has 0 aliphatic heterocycles. The van der Waals surface area contributed by atoms with Crippen molar-refractivity contribution >= 4 is 12.1 Å². The smallest absolute Gasteiger partial charge is 0.367 e. The molecule has 0 aromatic rings. The van der Waals surface area contributed by atoms with Crippen LogP contribution < -0.4 is 0 Å². The molecule has 0 aromatic carbocycles. The van der Waals surface area contributed by atoms with E-state index in [2.05, 4.69) is 14.5 Å². The van der Waals surface area contributed by atoms with Crippen LogP contribution in [0.5, 0.6) is 0 Å². The van der Waals surface area contributed by atoms with Gasteiger partial charge >= 0.3 is 12.1 Å². The van der Waals surface area contributed by atoms with Gasteiger partial charge in [0, 0.05) is 7.11 Å². The van der Waals surface area contributed by atoms with Gasteiger partial charge in [0.25, 0.3) is 0 Å². The van der Waals surface area contributed by atoms with Gasteiger partial charge in [0.2, 0.25) is 0 Å². The number of rotatable bonds is 4. The molecule has 0 bridgehead atoms. The van der Waals surface area contributed by atoms with Gasteiger partial charge in [0.15, 0.2) is 5.60 Å². The van der Waals surface area contributed by atoms with Crippen molar-refractivity contribution in [1.82, 2.24) is 0 Å². The Morgan fingerprint density at radius 2 is 1.86 bits per heavy atom. The van der Waals surface area contributed by atoms with Crippen LogP contribution in [0.1, 0.15) is 20.8 Å². The minimum absolute atomic E-state index is 0.178. The fraction of sp³-hybridized carbons (Fsp3) is 0.750. The Kier molecular flexibility index (Phi) is 5.11. The highest BCUT2D eigenvalue weighted by Crippen LogP contribution is 2.10. The molecular weight excluding hydrogens is 192 g/mol. The van der Waals surface area contributed by atoms with E-state index >= 15 is 0 Å². The van der Waals surface area contributed by atoms with Crippen LogP contribution in [0.2, 0.25) is 0 Å². The van der Waals surface area contributed by atoms with E-state index in [-0.39, 0.29) is 6.61 Å². The van der Waals surface area contributed by atoms with Crippen LogP contribution in [-0.4, -0.2) is 31.4 Å². The summed E-state index contributed by atoms with van der Waals surface area (Å²) in [5, 5.41) is 0. The van der Waals surface area contributed by atoms with Crippen molar-refractivity contribution < 1.29 is 28.8 Å². The lowest BCUT2D eigenvalue weighted by atomic mass is 10.1. The summed E-state index contributed by atoms with van der Waals surface area (Å²) in [7, 11) is 1.33. The molecule has 82 valence electrons. The molecule has 0 saturated carbocycles. The van der Waals surface area contributed by atoms with Crippen LogP contribution >= 0.6 is 0 Å². The Morgan fingerprint density at radius 3 is 2.29 bits per heavy atom. The second kappa shape index (κ2) is 5.56. The molecule has 0 rings (SSSR count). The standard InChI is InChI=1S/C8H14O6/c1-5-12-14-7(10)13-6(9)8(2,3)11-4/h5H2,1-4H3. The largest absolute Gasteiger partial charge is 0.548 e. The van der Waals surface area contributed by atoms with Gasteiger partial charge in [-0.2, -0.15) is 4.89 Å². The van der Waals surface area contributed by atoms with E-state index in [9.17, 15) is 9.59 Å². The normalized spacial score (nSPS) is 10.9. The van der Waals surface area contributed by atoms with Gasteiger partial charge in [-0.25, -0.2) is 9.59 Å². The summed E-state index contributed by atoms with van der Waals surface area (Å²) >= 11 is 0. The number of hydrogen-bond donors (Lipinski definition) is 0. The third-order valence-corrected chi connectivity index (χ3v) is 1.42. The lowest BCUT2D eigenvalue weighted by Crippen LogP contribution is -2.37. The lowest BCUT2D eigenvalue weighted by molar-refractivity contribution is -0.251. The first kappa shape index (κ1) is 12.9. The second-order valence-electron chi connectivity index (χ2n) is 2.84. The van der Waals surface area contributed by atoms with Gasteiger partial charge in [0.1, 0.15) is 0 Å². The summed E-state index contributed by atoms with van der Waals surface area (Å²) in [5.41, 5.74) is -1.19. The Balaban J connectivity index is 4.00. The molecule has 0 aliphatic rings. The second-order valence-corrected chi connectivity index (χ2v) is 2.84. The molecule has 6 nitrogen and oxygen atoms in total. The number of esters is 1. The number of hydrogen-bond acceptors (Lipinski definition) is 6.